The van der Waals surface area contributed by atoms with Gasteiger partial charge in [0.15, 0.2) is 0 Å². The Labute approximate surface area is 158 Å². The highest BCUT2D eigenvalue weighted by atomic mass is 35.5. The highest BCUT2D eigenvalue weighted by Gasteiger charge is 2.26. The summed E-state index contributed by atoms with van der Waals surface area (Å²) in [6, 6.07) is 15.0. The lowest BCUT2D eigenvalue weighted by Crippen LogP contribution is -2.30. The van der Waals surface area contributed by atoms with Gasteiger partial charge in [0, 0.05) is 28.2 Å². The number of aryl methyl sites for hydroxylation is 1. The fourth-order valence-electron chi connectivity index (χ4n) is 3.31. The van der Waals surface area contributed by atoms with E-state index in [4.69, 9.17) is 11.6 Å². The Morgan fingerprint density at radius 1 is 1.24 bits per heavy atom. The second kappa shape index (κ2) is 8.00. The molecular formula is C20H21ClN2OS. The third-order valence-electron chi connectivity index (χ3n) is 4.42. The third-order valence-corrected chi connectivity index (χ3v) is 4.94. The van der Waals surface area contributed by atoms with E-state index in [1.165, 1.54) is 40.4 Å². The van der Waals surface area contributed by atoms with Crippen LogP contribution in [0.5, 0.6) is 0 Å². The standard InChI is InChI=1S/C18H17ClN2.C2H4OS/c1-11-6-7-14(15(19)10-11)17-18-13(8-9-20-17)12-4-2-3-5-16(12)21-18;1-3-2-4/h2-7,10,17,20-21H,8-9H2,1H3;2H,1H3. The minimum absolute atomic E-state index is 0.147. The minimum Gasteiger partial charge on any atom is -0.493 e. The SMILES string of the molecule is COC=S.Cc1ccc(C2NCCc3c2[nH]c2ccccc32)c(Cl)c1. The molecule has 1 aliphatic rings. The summed E-state index contributed by atoms with van der Waals surface area (Å²) >= 11 is 10.7. The van der Waals surface area contributed by atoms with E-state index in [1.54, 1.807) is 0 Å². The topological polar surface area (TPSA) is 37.0 Å². The van der Waals surface area contributed by atoms with E-state index in [-0.39, 0.29) is 6.04 Å². The van der Waals surface area contributed by atoms with Crippen LogP contribution in [0.3, 0.4) is 0 Å². The molecule has 4 rings (SSSR count). The van der Waals surface area contributed by atoms with E-state index in [0.717, 1.165) is 23.6 Å². The number of aromatic nitrogens is 1. The van der Waals surface area contributed by atoms with Crippen LogP contribution in [0, 0.1) is 6.92 Å². The molecule has 0 saturated heterocycles. The second-order valence-electron chi connectivity index (χ2n) is 6.06. The summed E-state index contributed by atoms with van der Waals surface area (Å²) in [6.45, 7) is 3.04. The molecule has 0 aliphatic carbocycles. The van der Waals surface area contributed by atoms with Crippen LogP contribution in [0.25, 0.3) is 10.9 Å². The zero-order chi connectivity index (χ0) is 17.8. The summed E-state index contributed by atoms with van der Waals surface area (Å²) in [6.07, 6.45) is 1.05. The van der Waals surface area contributed by atoms with Crippen molar-refractivity contribution >= 4 is 40.3 Å². The van der Waals surface area contributed by atoms with Gasteiger partial charge in [0.05, 0.1) is 13.2 Å². The van der Waals surface area contributed by atoms with Gasteiger partial charge >= 0.3 is 0 Å². The molecule has 3 aromatic rings. The molecule has 1 atom stereocenters. The predicted molar refractivity (Wildman–Crippen MR) is 109 cm³/mol. The van der Waals surface area contributed by atoms with Gasteiger partial charge in [-0.3, -0.25) is 0 Å². The molecule has 2 N–H and O–H groups in total. The Balaban J connectivity index is 0.000000415. The molecule has 0 saturated carbocycles. The first-order chi connectivity index (χ1) is 12.2. The monoisotopic (exact) mass is 372 g/mol. The number of hydrogen-bond donors (Lipinski definition) is 2. The number of methoxy groups -OCH3 is 1. The number of halogens is 1. The third kappa shape index (κ3) is 3.71. The van der Waals surface area contributed by atoms with Gasteiger partial charge in [0.25, 0.3) is 0 Å². The van der Waals surface area contributed by atoms with Crippen LogP contribution in [-0.4, -0.2) is 24.2 Å². The number of rotatable bonds is 2. The van der Waals surface area contributed by atoms with E-state index < -0.39 is 0 Å². The van der Waals surface area contributed by atoms with Gasteiger partial charge in [0.2, 0.25) is 0 Å². The normalized spacial score (nSPS) is 15.9. The number of ether oxygens (including phenoxy) is 1. The molecule has 1 unspecified atom stereocenters. The van der Waals surface area contributed by atoms with Crippen LogP contribution in [0.4, 0.5) is 0 Å². The summed E-state index contributed by atoms with van der Waals surface area (Å²) < 4.78 is 4.23. The first-order valence-electron chi connectivity index (χ1n) is 8.21. The maximum atomic E-state index is 6.47. The summed E-state index contributed by atoms with van der Waals surface area (Å²) in [5, 5.41) is 5.76. The molecule has 0 fully saturated rings. The average Bonchev–Trinajstić information content (AvgIpc) is 3.01. The van der Waals surface area contributed by atoms with Crippen molar-refractivity contribution in [2.45, 2.75) is 19.4 Å². The number of benzene rings is 2. The summed E-state index contributed by atoms with van der Waals surface area (Å²) in [4.78, 5) is 3.59. The number of hydrogen-bond acceptors (Lipinski definition) is 3. The molecule has 5 heteroatoms. The predicted octanol–water partition coefficient (Wildman–Crippen LogP) is 4.95. The van der Waals surface area contributed by atoms with Crippen molar-refractivity contribution in [1.29, 1.82) is 0 Å². The Morgan fingerprint density at radius 2 is 2.00 bits per heavy atom. The van der Waals surface area contributed by atoms with Gasteiger partial charge in [-0.05, 0) is 54.4 Å². The summed E-state index contributed by atoms with van der Waals surface area (Å²) in [5.41, 5.74) is 7.44. The van der Waals surface area contributed by atoms with Crippen LogP contribution >= 0.6 is 23.8 Å². The van der Waals surface area contributed by atoms with E-state index in [1.807, 2.05) is 6.07 Å². The van der Waals surface area contributed by atoms with E-state index in [9.17, 15) is 0 Å². The highest BCUT2D eigenvalue weighted by Crippen LogP contribution is 2.36. The number of fused-ring (bicyclic) bond motifs is 3. The molecule has 1 aromatic heterocycles. The van der Waals surface area contributed by atoms with Crippen molar-refractivity contribution < 1.29 is 4.74 Å². The van der Waals surface area contributed by atoms with Gasteiger partial charge in [-0.25, -0.2) is 0 Å². The molecule has 0 bridgehead atoms. The molecule has 0 spiro atoms. The molecule has 2 aromatic carbocycles. The zero-order valence-electron chi connectivity index (χ0n) is 14.3. The number of H-pyrrole nitrogens is 1. The summed E-state index contributed by atoms with van der Waals surface area (Å²) in [7, 11) is 1.52. The lowest BCUT2D eigenvalue weighted by molar-refractivity contribution is 0.432. The fourth-order valence-corrected chi connectivity index (χ4v) is 3.66. The number of para-hydroxylation sites is 1. The van der Waals surface area contributed by atoms with Gasteiger partial charge in [-0.1, -0.05) is 41.9 Å². The van der Waals surface area contributed by atoms with Crippen molar-refractivity contribution in [3.63, 3.8) is 0 Å². The van der Waals surface area contributed by atoms with E-state index in [0.29, 0.717) is 0 Å². The molecule has 130 valence electrons. The Bertz CT molecular complexity index is 891. The van der Waals surface area contributed by atoms with Crippen molar-refractivity contribution in [3.8, 4) is 0 Å². The van der Waals surface area contributed by atoms with E-state index >= 15 is 0 Å². The van der Waals surface area contributed by atoms with Crippen molar-refractivity contribution in [1.82, 2.24) is 10.3 Å². The van der Waals surface area contributed by atoms with E-state index in [2.05, 4.69) is 70.6 Å². The number of nitrogens with one attached hydrogen (secondary N) is 2. The molecule has 1 aliphatic heterocycles. The Kier molecular flexibility index (Phi) is 5.74. The maximum absolute atomic E-state index is 6.47. The van der Waals surface area contributed by atoms with Crippen LogP contribution in [0.2, 0.25) is 5.02 Å². The number of aromatic amines is 1. The Morgan fingerprint density at radius 3 is 2.72 bits per heavy atom. The van der Waals surface area contributed by atoms with Crippen LogP contribution < -0.4 is 5.32 Å². The lowest BCUT2D eigenvalue weighted by Gasteiger charge is -2.25. The number of thiocarbonyl (C=S) groups is 1. The molecule has 0 radical (unpaired) electrons. The quantitative estimate of drug-likeness (QED) is 0.624. The Hall–Kier alpha value is -1.88. The minimum atomic E-state index is 0.147. The lowest BCUT2D eigenvalue weighted by atomic mass is 9.94. The van der Waals surface area contributed by atoms with Crippen molar-refractivity contribution in [2.75, 3.05) is 13.7 Å². The van der Waals surface area contributed by atoms with Crippen LogP contribution in [-0.2, 0) is 11.2 Å². The van der Waals surface area contributed by atoms with Crippen molar-refractivity contribution in [2.24, 2.45) is 0 Å². The van der Waals surface area contributed by atoms with Gasteiger partial charge in [0.1, 0.15) is 5.55 Å². The largest absolute Gasteiger partial charge is 0.493 e. The fraction of sp³-hybridized carbons (Fsp3) is 0.250. The van der Waals surface area contributed by atoms with Gasteiger partial charge in [-0.15, -0.1) is 0 Å². The molecule has 25 heavy (non-hydrogen) atoms. The molecule has 3 nitrogen and oxygen atoms in total. The van der Waals surface area contributed by atoms with Gasteiger partial charge in [-0.2, -0.15) is 0 Å². The van der Waals surface area contributed by atoms with Crippen LogP contribution in [0.1, 0.15) is 28.4 Å². The summed E-state index contributed by atoms with van der Waals surface area (Å²) in [5.74, 6) is 0. The van der Waals surface area contributed by atoms with Crippen LogP contribution in [0.15, 0.2) is 42.5 Å². The molecular weight excluding hydrogens is 352 g/mol. The highest BCUT2D eigenvalue weighted by molar-refractivity contribution is 7.78. The molecule has 0 amide bonds. The molecule has 2 heterocycles. The average molecular weight is 373 g/mol. The maximum Gasteiger partial charge on any atom is 0.145 e. The van der Waals surface area contributed by atoms with Gasteiger partial charge < -0.3 is 15.0 Å². The van der Waals surface area contributed by atoms with Crippen molar-refractivity contribution in [3.05, 3.63) is 69.9 Å². The first-order valence-corrected chi connectivity index (χ1v) is 9.06. The zero-order valence-corrected chi connectivity index (χ0v) is 15.9. The second-order valence-corrected chi connectivity index (χ2v) is 6.66. The smallest absolute Gasteiger partial charge is 0.145 e. The first kappa shape index (κ1) is 17.9.